The summed E-state index contributed by atoms with van der Waals surface area (Å²) in [4.78, 5) is 14.3. The topological polar surface area (TPSA) is 51.8 Å². The van der Waals surface area contributed by atoms with Crippen LogP contribution in [0.4, 0.5) is 0 Å². The van der Waals surface area contributed by atoms with Gasteiger partial charge in [0, 0.05) is 33.0 Å². The molecule has 0 aliphatic heterocycles. The number of nitrogens with zero attached hydrogens (tertiary/aromatic N) is 3. The first-order valence-electron chi connectivity index (χ1n) is 25.1. The Hall–Kier alpha value is -8.21. The van der Waals surface area contributed by atoms with Crippen LogP contribution in [0.1, 0.15) is 15.1 Å². The standard InChI is InChI=1S/C57H37N3O/c1-6-17-38(18-7-1)44-31-45(39-19-8-2-9-20-39)34-48(33-44)50-27-16-28-52-51-30-29-43(37-53(51)61-54(50)52)56-58-55(42-25-14-5-15-26-42)59-57(60-56)49-35-46(40-21-10-3-11-22-40)32-47(36-49)41-23-12-4-13-24-41/h1-37H/i5D,14D,15D,16D,25D,26D,27D,28D,29D,30D,37D. The zero-order chi connectivity index (χ0) is 50.1. The van der Waals surface area contributed by atoms with Crippen LogP contribution in [0.5, 0.6) is 0 Å². The minimum atomic E-state index is -0.624. The second kappa shape index (κ2) is 15.5. The molecule has 0 saturated carbocycles. The van der Waals surface area contributed by atoms with Crippen LogP contribution in [0.25, 0.3) is 112 Å². The molecule has 11 rings (SSSR count). The fourth-order valence-electron chi connectivity index (χ4n) is 7.54. The van der Waals surface area contributed by atoms with Crippen molar-refractivity contribution in [1.82, 2.24) is 15.0 Å². The van der Waals surface area contributed by atoms with E-state index in [1.165, 1.54) is 0 Å². The molecule has 2 aromatic heterocycles. The second-order valence-corrected chi connectivity index (χ2v) is 14.4. The van der Waals surface area contributed by atoms with Crippen LogP contribution in [0.2, 0.25) is 0 Å². The third-order valence-electron chi connectivity index (χ3n) is 10.5. The van der Waals surface area contributed by atoms with Crippen LogP contribution in [0, 0.1) is 0 Å². The molecule has 0 spiro atoms. The van der Waals surface area contributed by atoms with Crippen molar-refractivity contribution in [2.45, 2.75) is 0 Å². The Balaban J connectivity index is 1.19. The van der Waals surface area contributed by atoms with E-state index in [0.717, 1.165) is 44.5 Å². The van der Waals surface area contributed by atoms with Crippen molar-refractivity contribution in [3.63, 3.8) is 0 Å². The van der Waals surface area contributed by atoms with Crippen molar-refractivity contribution in [1.29, 1.82) is 0 Å². The highest BCUT2D eigenvalue weighted by atomic mass is 16.3. The molecule has 0 aliphatic carbocycles. The molecule has 2 heterocycles. The summed E-state index contributed by atoms with van der Waals surface area (Å²) in [6.45, 7) is 0. The van der Waals surface area contributed by atoms with Crippen molar-refractivity contribution < 1.29 is 19.5 Å². The van der Waals surface area contributed by atoms with Gasteiger partial charge in [-0.25, -0.2) is 15.0 Å². The monoisotopic (exact) mass is 790 g/mol. The van der Waals surface area contributed by atoms with Gasteiger partial charge in [-0.3, -0.25) is 0 Å². The lowest BCUT2D eigenvalue weighted by Gasteiger charge is -2.12. The summed E-state index contributed by atoms with van der Waals surface area (Å²) in [5.41, 5.74) is 6.88. The number of fused-ring (bicyclic) bond motifs is 3. The van der Waals surface area contributed by atoms with E-state index in [2.05, 4.69) is 4.98 Å². The Morgan fingerprint density at radius 1 is 0.328 bits per heavy atom. The summed E-state index contributed by atoms with van der Waals surface area (Å²) in [6.07, 6.45) is 0. The fourth-order valence-corrected chi connectivity index (χ4v) is 7.54. The van der Waals surface area contributed by atoms with Crippen LogP contribution < -0.4 is 0 Å². The van der Waals surface area contributed by atoms with Gasteiger partial charge >= 0.3 is 0 Å². The molecule has 0 amide bonds. The molecule has 286 valence electrons. The van der Waals surface area contributed by atoms with E-state index in [9.17, 15) is 6.85 Å². The average Bonchev–Trinajstić information content (AvgIpc) is 3.82. The number of rotatable bonds is 8. The lowest BCUT2D eigenvalue weighted by atomic mass is 9.92. The predicted octanol–water partition coefficient (Wildman–Crippen LogP) is 15.1. The van der Waals surface area contributed by atoms with Crippen LogP contribution in [0.15, 0.2) is 229 Å². The lowest BCUT2D eigenvalue weighted by Crippen LogP contribution is -2.00. The van der Waals surface area contributed by atoms with Crippen LogP contribution in [0.3, 0.4) is 0 Å². The van der Waals surface area contributed by atoms with E-state index in [0.29, 0.717) is 11.1 Å². The maximum Gasteiger partial charge on any atom is 0.164 e. The van der Waals surface area contributed by atoms with E-state index in [4.69, 9.17) is 22.6 Å². The quantitative estimate of drug-likeness (QED) is 0.154. The number of hydrogen-bond acceptors (Lipinski definition) is 4. The molecule has 9 aromatic carbocycles. The zero-order valence-electron chi connectivity index (χ0n) is 43.3. The highest BCUT2D eigenvalue weighted by molar-refractivity contribution is 6.10. The summed E-state index contributed by atoms with van der Waals surface area (Å²) in [6, 6.07) is 44.4. The molecule has 0 N–H and O–H groups in total. The van der Waals surface area contributed by atoms with E-state index < -0.39 is 60.4 Å². The predicted molar refractivity (Wildman–Crippen MR) is 251 cm³/mol. The molecule has 0 aliphatic rings. The van der Waals surface area contributed by atoms with Gasteiger partial charge in [0.2, 0.25) is 0 Å². The minimum Gasteiger partial charge on any atom is -0.455 e. The molecule has 0 saturated heterocycles. The van der Waals surface area contributed by atoms with Gasteiger partial charge in [-0.1, -0.05) is 176 Å². The van der Waals surface area contributed by atoms with Gasteiger partial charge in [-0.05, 0) is 98.6 Å². The van der Waals surface area contributed by atoms with Crippen LogP contribution >= 0.6 is 0 Å². The maximum absolute atomic E-state index is 9.81. The molecule has 0 bridgehead atoms. The first kappa shape index (κ1) is 26.0. The molecule has 0 unspecified atom stereocenters. The Labute approximate surface area is 369 Å². The van der Waals surface area contributed by atoms with Crippen molar-refractivity contribution >= 4 is 21.9 Å². The Bertz CT molecular complexity index is 3840. The minimum absolute atomic E-state index is 0.0201. The second-order valence-electron chi connectivity index (χ2n) is 14.4. The molecular weight excluding hydrogens is 743 g/mol. The van der Waals surface area contributed by atoms with Gasteiger partial charge in [-0.2, -0.15) is 0 Å². The van der Waals surface area contributed by atoms with Crippen molar-refractivity contribution in [2.75, 3.05) is 0 Å². The lowest BCUT2D eigenvalue weighted by molar-refractivity contribution is 0.670. The largest absolute Gasteiger partial charge is 0.455 e. The highest BCUT2D eigenvalue weighted by Crippen LogP contribution is 2.41. The zero-order valence-corrected chi connectivity index (χ0v) is 32.3. The van der Waals surface area contributed by atoms with E-state index in [-0.39, 0.29) is 62.1 Å². The number of benzene rings is 9. The summed E-state index contributed by atoms with van der Waals surface area (Å²) in [5.74, 6) is -0.683. The molecule has 0 atom stereocenters. The molecule has 4 heteroatoms. The molecule has 0 radical (unpaired) electrons. The number of aromatic nitrogens is 3. The Morgan fingerprint density at radius 3 is 1.28 bits per heavy atom. The summed E-state index contributed by atoms with van der Waals surface area (Å²) in [7, 11) is 0. The van der Waals surface area contributed by atoms with Gasteiger partial charge in [0.15, 0.2) is 17.5 Å². The summed E-state index contributed by atoms with van der Waals surface area (Å²) >= 11 is 0. The first-order chi connectivity index (χ1) is 34.8. The van der Waals surface area contributed by atoms with Crippen molar-refractivity contribution in [3.05, 3.63) is 224 Å². The normalized spacial score (nSPS) is 13.8. The molecule has 61 heavy (non-hydrogen) atoms. The molecule has 11 aromatic rings. The average molecular weight is 791 g/mol. The number of para-hydroxylation sites is 1. The van der Waals surface area contributed by atoms with E-state index in [1.54, 1.807) is 0 Å². The Kier molecular flexibility index (Phi) is 6.61. The van der Waals surface area contributed by atoms with E-state index in [1.807, 2.05) is 158 Å². The van der Waals surface area contributed by atoms with Crippen LogP contribution in [-0.4, -0.2) is 15.0 Å². The van der Waals surface area contributed by atoms with Gasteiger partial charge in [-0.15, -0.1) is 0 Å². The maximum atomic E-state index is 9.81. The summed E-state index contributed by atoms with van der Waals surface area (Å²) < 4.78 is 106. The van der Waals surface area contributed by atoms with Gasteiger partial charge in [0.05, 0.1) is 15.1 Å². The fraction of sp³-hybridized carbons (Fsp3) is 0. The summed E-state index contributed by atoms with van der Waals surface area (Å²) in [5, 5.41) is -0.109. The molecule has 4 nitrogen and oxygen atoms in total. The van der Waals surface area contributed by atoms with Gasteiger partial charge in [0.1, 0.15) is 11.2 Å². The molecule has 0 fully saturated rings. The van der Waals surface area contributed by atoms with Crippen molar-refractivity contribution in [2.24, 2.45) is 0 Å². The van der Waals surface area contributed by atoms with Gasteiger partial charge in [0.25, 0.3) is 0 Å². The first-order valence-corrected chi connectivity index (χ1v) is 19.6. The molecular formula is C57H37N3O. The van der Waals surface area contributed by atoms with Gasteiger partial charge < -0.3 is 4.42 Å². The SMILES string of the molecule is [2H]c1c([2H])c([2H])c(-c2nc(-c3cc(-c4ccccc4)cc(-c4ccccc4)c3)nc(-c3c([2H])c([2H])c4c(oc5c(-c6cc(-c7ccccc7)cc(-c7ccccc7)c6)c([2H])c([2H])c([2H])c54)c3[2H])n2)c([2H])c1[2H]. The Morgan fingerprint density at radius 2 is 0.770 bits per heavy atom. The highest BCUT2D eigenvalue weighted by Gasteiger charge is 2.18. The van der Waals surface area contributed by atoms with Crippen molar-refractivity contribution in [3.8, 4) is 89.8 Å². The number of furan rings is 1. The third-order valence-corrected chi connectivity index (χ3v) is 10.5. The van der Waals surface area contributed by atoms with Crippen LogP contribution in [-0.2, 0) is 0 Å². The third kappa shape index (κ3) is 7.07. The smallest absolute Gasteiger partial charge is 0.164 e. The number of hydrogen-bond donors (Lipinski definition) is 0. The van der Waals surface area contributed by atoms with E-state index >= 15 is 0 Å².